The van der Waals surface area contributed by atoms with Gasteiger partial charge < -0.3 is 4.90 Å². The molecule has 0 saturated heterocycles. The largest absolute Gasteiger partial charge is 0.337 e. The number of aromatic nitrogens is 1. The first kappa shape index (κ1) is 14.9. The molecule has 0 radical (unpaired) electrons. The molecule has 2 aromatic rings. The molecule has 0 aliphatic heterocycles. The molecular formula is C14H12ClN3O3. The minimum atomic E-state index is -0.609. The molecule has 0 atom stereocenters. The van der Waals surface area contributed by atoms with Gasteiger partial charge in [0.25, 0.3) is 11.6 Å². The minimum Gasteiger partial charge on any atom is -0.337 e. The number of nitrogens with zero attached hydrogens (tertiary/aromatic N) is 3. The lowest BCUT2D eigenvalue weighted by molar-refractivity contribution is -0.384. The van der Waals surface area contributed by atoms with Crippen LogP contribution in [0.3, 0.4) is 0 Å². The molecule has 0 bridgehead atoms. The lowest BCUT2D eigenvalue weighted by Crippen LogP contribution is -2.26. The van der Waals surface area contributed by atoms with E-state index in [0.29, 0.717) is 6.54 Å². The summed E-state index contributed by atoms with van der Waals surface area (Å²) in [4.78, 5) is 27.9. The topological polar surface area (TPSA) is 76.3 Å². The Morgan fingerprint density at radius 3 is 2.62 bits per heavy atom. The van der Waals surface area contributed by atoms with E-state index in [4.69, 9.17) is 11.6 Å². The highest BCUT2D eigenvalue weighted by Gasteiger charge is 2.18. The van der Waals surface area contributed by atoms with E-state index >= 15 is 0 Å². The van der Waals surface area contributed by atoms with Gasteiger partial charge in [-0.05, 0) is 29.8 Å². The van der Waals surface area contributed by atoms with Gasteiger partial charge in [0.1, 0.15) is 5.02 Å². The fourth-order valence-corrected chi connectivity index (χ4v) is 2.03. The van der Waals surface area contributed by atoms with Crippen LogP contribution in [0.4, 0.5) is 5.69 Å². The van der Waals surface area contributed by atoms with E-state index in [1.54, 1.807) is 31.6 Å². The van der Waals surface area contributed by atoms with Gasteiger partial charge in [-0.25, -0.2) is 0 Å². The third kappa shape index (κ3) is 3.55. The first-order valence-electron chi connectivity index (χ1n) is 6.07. The summed E-state index contributed by atoms with van der Waals surface area (Å²) >= 11 is 5.73. The molecule has 0 fully saturated rings. The van der Waals surface area contributed by atoms with E-state index < -0.39 is 4.92 Å². The van der Waals surface area contributed by atoms with Crippen molar-refractivity contribution in [1.29, 1.82) is 0 Å². The molecule has 6 nitrogen and oxygen atoms in total. The van der Waals surface area contributed by atoms with E-state index in [2.05, 4.69) is 4.98 Å². The number of carbonyl (C=O) groups is 1. The molecule has 0 aliphatic carbocycles. The predicted molar refractivity (Wildman–Crippen MR) is 78.1 cm³/mol. The summed E-state index contributed by atoms with van der Waals surface area (Å²) in [6.45, 7) is 0.387. The van der Waals surface area contributed by atoms with Crippen LogP contribution in [0.15, 0.2) is 42.7 Å². The number of nitro groups is 1. The maximum Gasteiger partial charge on any atom is 0.288 e. The monoisotopic (exact) mass is 305 g/mol. The van der Waals surface area contributed by atoms with Gasteiger partial charge in [-0.3, -0.25) is 19.9 Å². The number of hydrogen-bond acceptors (Lipinski definition) is 4. The summed E-state index contributed by atoms with van der Waals surface area (Å²) in [5.41, 5.74) is 0.867. The number of amides is 1. The summed E-state index contributed by atoms with van der Waals surface area (Å²) < 4.78 is 0. The Labute approximate surface area is 126 Å². The summed E-state index contributed by atoms with van der Waals surface area (Å²) in [6.07, 6.45) is 3.28. The quantitative estimate of drug-likeness (QED) is 0.643. The Morgan fingerprint density at radius 1 is 1.33 bits per heavy atom. The Morgan fingerprint density at radius 2 is 2.00 bits per heavy atom. The highest BCUT2D eigenvalue weighted by Crippen LogP contribution is 2.25. The van der Waals surface area contributed by atoms with Crippen LogP contribution in [-0.4, -0.2) is 27.8 Å². The van der Waals surface area contributed by atoms with Crippen LogP contribution in [0.2, 0.25) is 5.02 Å². The van der Waals surface area contributed by atoms with Gasteiger partial charge in [0, 0.05) is 37.6 Å². The van der Waals surface area contributed by atoms with E-state index in [9.17, 15) is 14.9 Å². The lowest BCUT2D eigenvalue weighted by Gasteiger charge is -2.17. The number of halogens is 1. The van der Waals surface area contributed by atoms with Crippen molar-refractivity contribution in [1.82, 2.24) is 9.88 Å². The number of pyridine rings is 1. The molecule has 2 rings (SSSR count). The van der Waals surface area contributed by atoms with Crippen LogP contribution in [0.25, 0.3) is 0 Å². The summed E-state index contributed by atoms with van der Waals surface area (Å²) in [5.74, 6) is -0.313. The minimum absolute atomic E-state index is 0.00772. The van der Waals surface area contributed by atoms with E-state index in [1.807, 2.05) is 0 Å². The maximum atomic E-state index is 12.3. The second kappa shape index (κ2) is 6.32. The van der Waals surface area contributed by atoms with Gasteiger partial charge >= 0.3 is 0 Å². The number of carbonyl (C=O) groups excluding carboxylic acids is 1. The molecule has 0 aliphatic rings. The van der Waals surface area contributed by atoms with Gasteiger partial charge in [0.2, 0.25) is 0 Å². The smallest absolute Gasteiger partial charge is 0.288 e. The van der Waals surface area contributed by atoms with E-state index in [-0.39, 0.29) is 22.2 Å². The van der Waals surface area contributed by atoms with Gasteiger partial charge in [0.15, 0.2) is 0 Å². The van der Waals surface area contributed by atoms with Crippen LogP contribution in [0.5, 0.6) is 0 Å². The molecule has 0 unspecified atom stereocenters. The third-order valence-corrected chi connectivity index (χ3v) is 3.23. The predicted octanol–water partition coefficient (Wildman–Crippen LogP) is 2.92. The van der Waals surface area contributed by atoms with Crippen molar-refractivity contribution in [3.05, 3.63) is 69.0 Å². The highest BCUT2D eigenvalue weighted by atomic mass is 35.5. The SMILES string of the molecule is CN(Cc1ccncc1)C(=O)c1ccc(Cl)c([N+](=O)[O-])c1. The Kier molecular flexibility index (Phi) is 4.49. The Hall–Kier alpha value is -2.47. The zero-order valence-corrected chi connectivity index (χ0v) is 11.9. The molecule has 1 aromatic heterocycles. The number of hydrogen-bond donors (Lipinski definition) is 0. The Balaban J connectivity index is 2.20. The molecule has 0 N–H and O–H groups in total. The number of rotatable bonds is 4. The Bertz CT molecular complexity index is 676. The van der Waals surface area contributed by atoms with Crippen molar-refractivity contribution in [2.24, 2.45) is 0 Å². The van der Waals surface area contributed by atoms with Gasteiger partial charge in [-0.2, -0.15) is 0 Å². The molecule has 21 heavy (non-hydrogen) atoms. The fourth-order valence-electron chi connectivity index (χ4n) is 1.84. The second-order valence-electron chi connectivity index (χ2n) is 4.44. The fraction of sp³-hybridized carbons (Fsp3) is 0.143. The summed E-state index contributed by atoms with van der Waals surface area (Å²) in [6, 6.07) is 7.61. The molecule has 7 heteroatoms. The first-order valence-corrected chi connectivity index (χ1v) is 6.45. The maximum absolute atomic E-state index is 12.3. The number of nitro benzene ring substituents is 1. The molecule has 1 amide bonds. The second-order valence-corrected chi connectivity index (χ2v) is 4.85. The molecule has 1 heterocycles. The third-order valence-electron chi connectivity index (χ3n) is 2.91. The first-order chi connectivity index (χ1) is 9.99. The summed E-state index contributed by atoms with van der Waals surface area (Å²) in [7, 11) is 1.63. The van der Waals surface area contributed by atoms with Crippen LogP contribution >= 0.6 is 11.6 Å². The van der Waals surface area contributed by atoms with Crippen molar-refractivity contribution >= 4 is 23.2 Å². The van der Waals surface area contributed by atoms with Crippen molar-refractivity contribution < 1.29 is 9.72 Å². The standard InChI is InChI=1S/C14H12ClN3O3/c1-17(9-10-4-6-16-7-5-10)14(19)11-2-3-12(15)13(8-11)18(20)21/h2-8H,9H2,1H3. The molecular weight excluding hydrogens is 294 g/mol. The highest BCUT2D eigenvalue weighted by molar-refractivity contribution is 6.32. The van der Waals surface area contributed by atoms with Crippen LogP contribution in [0.1, 0.15) is 15.9 Å². The molecule has 1 aromatic carbocycles. The molecule has 108 valence electrons. The van der Waals surface area contributed by atoms with E-state index in [1.165, 1.54) is 23.1 Å². The van der Waals surface area contributed by atoms with Gasteiger partial charge in [-0.1, -0.05) is 11.6 Å². The number of benzene rings is 1. The normalized spacial score (nSPS) is 10.2. The van der Waals surface area contributed by atoms with Crippen molar-refractivity contribution in [2.75, 3.05) is 7.05 Å². The zero-order chi connectivity index (χ0) is 15.4. The zero-order valence-electron chi connectivity index (χ0n) is 11.2. The van der Waals surface area contributed by atoms with Crippen LogP contribution in [0, 0.1) is 10.1 Å². The van der Waals surface area contributed by atoms with Crippen LogP contribution in [-0.2, 0) is 6.54 Å². The van der Waals surface area contributed by atoms with Crippen molar-refractivity contribution in [3.63, 3.8) is 0 Å². The molecule has 0 saturated carbocycles. The van der Waals surface area contributed by atoms with Crippen molar-refractivity contribution in [3.8, 4) is 0 Å². The van der Waals surface area contributed by atoms with Crippen molar-refractivity contribution in [2.45, 2.75) is 6.54 Å². The average molecular weight is 306 g/mol. The average Bonchev–Trinajstić information content (AvgIpc) is 2.47. The lowest BCUT2D eigenvalue weighted by atomic mass is 10.1. The van der Waals surface area contributed by atoms with Gasteiger partial charge in [-0.15, -0.1) is 0 Å². The van der Waals surface area contributed by atoms with E-state index in [0.717, 1.165) is 5.56 Å². The molecule has 0 spiro atoms. The summed E-state index contributed by atoms with van der Waals surface area (Å²) in [5, 5.41) is 10.9. The van der Waals surface area contributed by atoms with Crippen LogP contribution < -0.4 is 0 Å². The van der Waals surface area contributed by atoms with Gasteiger partial charge in [0.05, 0.1) is 4.92 Å².